The van der Waals surface area contributed by atoms with E-state index < -0.39 is 0 Å². The van der Waals surface area contributed by atoms with E-state index >= 15 is 0 Å². The molecule has 2 aromatic heterocycles. The lowest BCUT2D eigenvalue weighted by Gasteiger charge is -2.21. The third-order valence-corrected chi connectivity index (χ3v) is 4.34. The highest BCUT2D eigenvalue weighted by atomic mass is 35.5. The van der Waals surface area contributed by atoms with Gasteiger partial charge in [-0.05, 0) is 23.8 Å². The van der Waals surface area contributed by atoms with Crippen molar-refractivity contribution in [1.29, 1.82) is 0 Å². The Labute approximate surface area is 152 Å². The Morgan fingerprint density at radius 3 is 2.72 bits per heavy atom. The smallest absolute Gasteiger partial charge is 0.115 e. The van der Waals surface area contributed by atoms with Gasteiger partial charge in [-0.1, -0.05) is 23.7 Å². The molecule has 0 aliphatic rings. The fourth-order valence-corrected chi connectivity index (χ4v) is 3.22. The fourth-order valence-electron chi connectivity index (χ4n) is 3.01. The molecule has 7 heteroatoms. The SMILES string of the molecule is Cn1cc(CN(CCN)Cc2cccc(Cl)c2)c(-c2ccnn2C)n1. The lowest BCUT2D eigenvalue weighted by atomic mass is 10.1. The van der Waals surface area contributed by atoms with Crippen molar-refractivity contribution in [1.82, 2.24) is 24.5 Å². The zero-order chi connectivity index (χ0) is 17.8. The average Bonchev–Trinajstić information content (AvgIpc) is 3.13. The summed E-state index contributed by atoms with van der Waals surface area (Å²) in [5, 5.41) is 9.63. The van der Waals surface area contributed by atoms with Crippen molar-refractivity contribution in [3.8, 4) is 11.4 Å². The number of aryl methyl sites for hydroxylation is 2. The van der Waals surface area contributed by atoms with Crippen LogP contribution in [-0.4, -0.2) is 37.6 Å². The van der Waals surface area contributed by atoms with Crippen molar-refractivity contribution in [3.05, 3.63) is 58.9 Å². The van der Waals surface area contributed by atoms with Crippen LogP contribution in [0.4, 0.5) is 0 Å². The predicted octanol–water partition coefficient (Wildman–Crippen LogP) is 2.43. The Hall–Kier alpha value is -2.15. The number of rotatable bonds is 7. The summed E-state index contributed by atoms with van der Waals surface area (Å²) >= 11 is 6.11. The maximum absolute atomic E-state index is 6.11. The Morgan fingerprint density at radius 2 is 2.04 bits per heavy atom. The number of benzene rings is 1. The van der Waals surface area contributed by atoms with Gasteiger partial charge in [-0.15, -0.1) is 0 Å². The van der Waals surface area contributed by atoms with Gasteiger partial charge in [-0.2, -0.15) is 10.2 Å². The van der Waals surface area contributed by atoms with Gasteiger partial charge in [0.2, 0.25) is 0 Å². The Kier molecular flexibility index (Phi) is 5.53. The molecule has 0 atom stereocenters. The molecule has 6 nitrogen and oxygen atoms in total. The van der Waals surface area contributed by atoms with Crippen LogP contribution in [-0.2, 0) is 27.2 Å². The molecule has 0 saturated carbocycles. The van der Waals surface area contributed by atoms with Gasteiger partial charge < -0.3 is 5.73 Å². The van der Waals surface area contributed by atoms with Crippen LogP contribution < -0.4 is 5.73 Å². The van der Waals surface area contributed by atoms with E-state index in [1.165, 1.54) is 5.56 Å². The van der Waals surface area contributed by atoms with E-state index in [0.29, 0.717) is 6.54 Å². The molecule has 0 amide bonds. The van der Waals surface area contributed by atoms with Crippen molar-refractivity contribution >= 4 is 11.6 Å². The summed E-state index contributed by atoms with van der Waals surface area (Å²) in [6, 6.07) is 9.93. The van der Waals surface area contributed by atoms with Gasteiger partial charge in [0.1, 0.15) is 5.69 Å². The van der Waals surface area contributed by atoms with Crippen molar-refractivity contribution in [2.45, 2.75) is 13.1 Å². The molecule has 0 spiro atoms. The number of hydrogen-bond donors (Lipinski definition) is 1. The summed E-state index contributed by atoms with van der Waals surface area (Å²) < 4.78 is 3.69. The summed E-state index contributed by atoms with van der Waals surface area (Å²) in [5.74, 6) is 0. The first kappa shape index (κ1) is 17.7. The largest absolute Gasteiger partial charge is 0.329 e. The lowest BCUT2D eigenvalue weighted by molar-refractivity contribution is 0.264. The summed E-state index contributed by atoms with van der Waals surface area (Å²) in [6.45, 7) is 2.95. The maximum atomic E-state index is 6.11. The van der Waals surface area contributed by atoms with Gasteiger partial charge in [0, 0.05) is 63.3 Å². The van der Waals surface area contributed by atoms with E-state index in [-0.39, 0.29) is 0 Å². The lowest BCUT2D eigenvalue weighted by Crippen LogP contribution is -2.28. The number of nitrogens with two attached hydrogens (primary N) is 1. The second-order valence-corrected chi connectivity index (χ2v) is 6.58. The highest BCUT2D eigenvalue weighted by molar-refractivity contribution is 6.30. The van der Waals surface area contributed by atoms with E-state index in [0.717, 1.165) is 41.6 Å². The summed E-state index contributed by atoms with van der Waals surface area (Å²) in [7, 11) is 3.87. The zero-order valence-electron chi connectivity index (χ0n) is 14.6. The molecule has 25 heavy (non-hydrogen) atoms. The molecule has 0 radical (unpaired) electrons. The Bertz CT molecular complexity index is 838. The van der Waals surface area contributed by atoms with Gasteiger partial charge >= 0.3 is 0 Å². The fraction of sp³-hybridized carbons (Fsp3) is 0.333. The highest BCUT2D eigenvalue weighted by Gasteiger charge is 2.16. The average molecular weight is 359 g/mol. The van der Waals surface area contributed by atoms with Gasteiger partial charge in [0.15, 0.2) is 0 Å². The molecule has 0 aliphatic heterocycles. The molecule has 2 heterocycles. The summed E-state index contributed by atoms with van der Waals surface area (Å²) in [5.41, 5.74) is 10.1. The monoisotopic (exact) mass is 358 g/mol. The third kappa shape index (κ3) is 4.28. The molecule has 0 fully saturated rings. The quantitative estimate of drug-likeness (QED) is 0.704. The second kappa shape index (κ2) is 7.82. The minimum Gasteiger partial charge on any atom is -0.329 e. The number of hydrogen-bond acceptors (Lipinski definition) is 4. The molecule has 1 aromatic carbocycles. The van der Waals surface area contributed by atoms with E-state index in [9.17, 15) is 0 Å². The first-order valence-corrected chi connectivity index (χ1v) is 8.62. The van der Waals surface area contributed by atoms with Gasteiger partial charge in [-0.3, -0.25) is 14.3 Å². The molecule has 2 N–H and O–H groups in total. The van der Waals surface area contributed by atoms with Crippen molar-refractivity contribution < 1.29 is 0 Å². The van der Waals surface area contributed by atoms with Crippen LogP contribution in [0.15, 0.2) is 42.7 Å². The first-order chi connectivity index (χ1) is 12.1. The third-order valence-electron chi connectivity index (χ3n) is 4.10. The summed E-state index contributed by atoms with van der Waals surface area (Å²) in [4.78, 5) is 2.31. The van der Waals surface area contributed by atoms with Crippen molar-refractivity contribution in [2.75, 3.05) is 13.1 Å². The molecule has 0 saturated heterocycles. The Morgan fingerprint density at radius 1 is 1.20 bits per heavy atom. The second-order valence-electron chi connectivity index (χ2n) is 6.15. The molecule has 3 aromatic rings. The number of halogens is 1. The minimum atomic E-state index is 0.599. The van der Waals surface area contributed by atoms with Crippen LogP contribution in [0.1, 0.15) is 11.1 Å². The van der Waals surface area contributed by atoms with E-state index in [4.69, 9.17) is 17.3 Å². The predicted molar refractivity (Wildman–Crippen MR) is 100 cm³/mol. The van der Waals surface area contributed by atoms with E-state index in [1.807, 2.05) is 47.7 Å². The minimum absolute atomic E-state index is 0.599. The summed E-state index contributed by atoms with van der Waals surface area (Å²) in [6.07, 6.45) is 3.85. The topological polar surface area (TPSA) is 64.9 Å². The zero-order valence-corrected chi connectivity index (χ0v) is 15.3. The standard InChI is InChI=1S/C18H23ClN6/c1-23-12-15(18(22-23)17-6-8-21-24(17)2)13-25(9-7-20)11-14-4-3-5-16(19)10-14/h3-6,8,10,12H,7,9,11,13,20H2,1-2H3. The molecule has 132 valence electrons. The number of aromatic nitrogens is 4. The van der Waals surface area contributed by atoms with Crippen LogP contribution in [0.3, 0.4) is 0 Å². The maximum Gasteiger partial charge on any atom is 0.115 e. The molecular formula is C18H23ClN6. The molecule has 0 bridgehead atoms. The van der Waals surface area contributed by atoms with E-state index in [1.54, 1.807) is 6.20 Å². The van der Waals surface area contributed by atoms with Crippen molar-refractivity contribution in [3.63, 3.8) is 0 Å². The molecule has 0 unspecified atom stereocenters. The van der Waals surface area contributed by atoms with Gasteiger partial charge in [0.05, 0.1) is 5.69 Å². The Balaban J connectivity index is 1.84. The number of nitrogens with zero attached hydrogens (tertiary/aromatic N) is 5. The van der Waals surface area contributed by atoms with Crippen molar-refractivity contribution in [2.24, 2.45) is 19.8 Å². The molecular weight excluding hydrogens is 336 g/mol. The normalized spacial score (nSPS) is 11.4. The van der Waals surface area contributed by atoms with Gasteiger partial charge in [-0.25, -0.2) is 0 Å². The van der Waals surface area contributed by atoms with E-state index in [2.05, 4.69) is 27.4 Å². The highest BCUT2D eigenvalue weighted by Crippen LogP contribution is 2.23. The van der Waals surface area contributed by atoms with Crippen LogP contribution in [0.25, 0.3) is 11.4 Å². The van der Waals surface area contributed by atoms with Crippen LogP contribution in [0.5, 0.6) is 0 Å². The van der Waals surface area contributed by atoms with Crippen LogP contribution in [0.2, 0.25) is 5.02 Å². The molecule has 0 aliphatic carbocycles. The van der Waals surface area contributed by atoms with Gasteiger partial charge in [0.25, 0.3) is 0 Å². The first-order valence-electron chi connectivity index (χ1n) is 8.24. The van der Waals surface area contributed by atoms with Crippen LogP contribution >= 0.6 is 11.6 Å². The van der Waals surface area contributed by atoms with Crippen LogP contribution in [0, 0.1) is 0 Å². The molecule has 3 rings (SSSR count).